The molecule has 4 nitrogen and oxygen atoms in total. The molecule has 1 fully saturated rings. The minimum absolute atomic E-state index is 0.213. The Balaban J connectivity index is 2.08. The molecule has 1 saturated carbocycles. The first-order valence-corrected chi connectivity index (χ1v) is 5.87. The van der Waals surface area contributed by atoms with Gasteiger partial charge in [-0.05, 0) is 18.9 Å². The van der Waals surface area contributed by atoms with Gasteiger partial charge in [-0.15, -0.1) is 0 Å². The van der Waals surface area contributed by atoms with E-state index in [0.29, 0.717) is 22.4 Å². The van der Waals surface area contributed by atoms with Crippen LogP contribution in [0.3, 0.4) is 0 Å². The molecule has 1 aliphatic rings. The van der Waals surface area contributed by atoms with Crippen LogP contribution in [0.25, 0.3) is 0 Å². The predicted molar refractivity (Wildman–Crippen MR) is 65.5 cm³/mol. The third-order valence-electron chi connectivity index (χ3n) is 3.08. The van der Waals surface area contributed by atoms with Gasteiger partial charge in [0, 0.05) is 18.6 Å². The fraction of sp³-hybridized carbons (Fsp3) is 0.545. The number of hydrogen-bond donors (Lipinski definition) is 3. The van der Waals surface area contributed by atoms with Crippen LogP contribution in [-0.2, 0) is 0 Å². The zero-order valence-electron chi connectivity index (χ0n) is 8.99. The quantitative estimate of drug-likeness (QED) is 0.756. The van der Waals surface area contributed by atoms with Gasteiger partial charge in [-0.2, -0.15) is 0 Å². The molecule has 1 aromatic heterocycles. The molecule has 0 bridgehead atoms. The van der Waals surface area contributed by atoms with Crippen LogP contribution in [0.1, 0.15) is 19.3 Å². The van der Waals surface area contributed by atoms with Gasteiger partial charge in [0.25, 0.3) is 0 Å². The van der Waals surface area contributed by atoms with E-state index in [-0.39, 0.29) is 12.6 Å². The van der Waals surface area contributed by atoms with E-state index >= 15 is 0 Å². The standard InChI is InChI=1S/C11H16ClN3O/c12-9-4-8(13)5-14-11(9)15-10-3-1-2-7(10)6-16/h4-5,7,10,16H,1-3,6,13H2,(H,14,15). The Kier molecular flexibility index (Phi) is 3.51. The molecule has 2 atom stereocenters. The first-order chi connectivity index (χ1) is 7.70. The molecule has 1 heterocycles. The molecule has 0 saturated heterocycles. The molecule has 0 amide bonds. The molecule has 0 aromatic carbocycles. The average Bonchev–Trinajstić information content (AvgIpc) is 2.69. The number of nitrogens with two attached hydrogens (primary N) is 1. The first kappa shape index (κ1) is 11.5. The minimum Gasteiger partial charge on any atom is -0.397 e. The van der Waals surface area contributed by atoms with E-state index in [1.165, 1.54) is 0 Å². The molecule has 0 radical (unpaired) electrons. The summed E-state index contributed by atoms with van der Waals surface area (Å²) in [6.07, 6.45) is 4.82. The van der Waals surface area contributed by atoms with Crippen molar-refractivity contribution in [2.75, 3.05) is 17.7 Å². The van der Waals surface area contributed by atoms with E-state index in [9.17, 15) is 5.11 Å². The molecular weight excluding hydrogens is 226 g/mol. The summed E-state index contributed by atoms with van der Waals surface area (Å²) in [6, 6.07) is 1.94. The molecular formula is C11H16ClN3O. The maximum atomic E-state index is 9.21. The molecule has 1 aliphatic carbocycles. The number of aliphatic hydroxyl groups is 1. The molecule has 16 heavy (non-hydrogen) atoms. The molecule has 1 aromatic rings. The third kappa shape index (κ3) is 2.39. The Morgan fingerprint density at radius 1 is 1.56 bits per heavy atom. The Morgan fingerprint density at radius 2 is 2.38 bits per heavy atom. The lowest BCUT2D eigenvalue weighted by atomic mass is 10.1. The van der Waals surface area contributed by atoms with Crippen LogP contribution in [0.2, 0.25) is 5.02 Å². The number of nitrogen functional groups attached to an aromatic ring is 1. The van der Waals surface area contributed by atoms with Crippen molar-refractivity contribution in [2.45, 2.75) is 25.3 Å². The summed E-state index contributed by atoms with van der Waals surface area (Å²) in [5.74, 6) is 0.955. The minimum atomic E-state index is 0.213. The molecule has 2 rings (SSSR count). The second-order valence-electron chi connectivity index (χ2n) is 4.22. The number of halogens is 1. The highest BCUT2D eigenvalue weighted by Crippen LogP contribution is 2.30. The summed E-state index contributed by atoms with van der Waals surface area (Å²) in [5, 5.41) is 13.0. The lowest BCUT2D eigenvalue weighted by Crippen LogP contribution is -2.26. The van der Waals surface area contributed by atoms with E-state index in [2.05, 4.69) is 10.3 Å². The second kappa shape index (κ2) is 4.89. The van der Waals surface area contributed by atoms with Crippen LogP contribution in [0.5, 0.6) is 0 Å². The topological polar surface area (TPSA) is 71.2 Å². The fourth-order valence-electron chi connectivity index (χ4n) is 2.18. The van der Waals surface area contributed by atoms with Gasteiger partial charge in [-0.3, -0.25) is 0 Å². The Bertz CT molecular complexity index is 372. The van der Waals surface area contributed by atoms with Gasteiger partial charge >= 0.3 is 0 Å². The highest BCUT2D eigenvalue weighted by atomic mass is 35.5. The Hall–Kier alpha value is -1.00. The molecule has 0 aliphatic heterocycles. The van der Waals surface area contributed by atoms with Gasteiger partial charge in [-0.1, -0.05) is 18.0 Å². The van der Waals surface area contributed by atoms with Gasteiger partial charge in [0.05, 0.1) is 16.9 Å². The number of anilines is 2. The van der Waals surface area contributed by atoms with Crippen LogP contribution in [-0.4, -0.2) is 22.7 Å². The van der Waals surface area contributed by atoms with Crippen molar-refractivity contribution in [1.29, 1.82) is 0 Å². The van der Waals surface area contributed by atoms with Crippen LogP contribution >= 0.6 is 11.6 Å². The lowest BCUT2D eigenvalue weighted by Gasteiger charge is -2.20. The Labute approximate surface area is 99.8 Å². The number of aromatic nitrogens is 1. The van der Waals surface area contributed by atoms with Crippen molar-refractivity contribution in [3.05, 3.63) is 17.3 Å². The van der Waals surface area contributed by atoms with Crippen molar-refractivity contribution < 1.29 is 5.11 Å². The summed E-state index contributed by atoms with van der Waals surface area (Å²) in [5.41, 5.74) is 6.13. The summed E-state index contributed by atoms with van der Waals surface area (Å²) < 4.78 is 0. The molecule has 0 spiro atoms. The van der Waals surface area contributed by atoms with E-state index < -0.39 is 0 Å². The molecule has 4 N–H and O–H groups in total. The molecule has 5 heteroatoms. The number of nitrogens with zero attached hydrogens (tertiary/aromatic N) is 1. The predicted octanol–water partition coefficient (Wildman–Crippen LogP) is 1.89. The number of hydrogen-bond acceptors (Lipinski definition) is 4. The van der Waals surface area contributed by atoms with Gasteiger partial charge in [0.2, 0.25) is 0 Å². The van der Waals surface area contributed by atoms with Crippen LogP contribution in [0, 0.1) is 5.92 Å². The average molecular weight is 242 g/mol. The Morgan fingerprint density at radius 3 is 3.06 bits per heavy atom. The highest BCUT2D eigenvalue weighted by Gasteiger charge is 2.27. The number of pyridine rings is 1. The molecule has 2 unspecified atom stereocenters. The molecule has 88 valence electrons. The van der Waals surface area contributed by atoms with Gasteiger partial charge in [0.1, 0.15) is 5.82 Å². The second-order valence-corrected chi connectivity index (χ2v) is 4.63. The zero-order chi connectivity index (χ0) is 11.5. The zero-order valence-corrected chi connectivity index (χ0v) is 9.74. The monoisotopic (exact) mass is 241 g/mol. The van der Waals surface area contributed by atoms with E-state index in [1.807, 2.05) is 0 Å². The smallest absolute Gasteiger partial charge is 0.145 e. The van der Waals surface area contributed by atoms with Crippen molar-refractivity contribution in [3.63, 3.8) is 0 Å². The van der Waals surface area contributed by atoms with Crippen LogP contribution in [0.4, 0.5) is 11.5 Å². The first-order valence-electron chi connectivity index (χ1n) is 5.49. The SMILES string of the molecule is Nc1cnc(NC2CCCC2CO)c(Cl)c1. The van der Waals surface area contributed by atoms with Crippen molar-refractivity contribution in [2.24, 2.45) is 5.92 Å². The summed E-state index contributed by atoms with van der Waals surface area (Å²) >= 11 is 6.03. The van der Waals surface area contributed by atoms with Gasteiger partial charge in [0.15, 0.2) is 0 Å². The van der Waals surface area contributed by atoms with Crippen molar-refractivity contribution in [1.82, 2.24) is 4.98 Å². The van der Waals surface area contributed by atoms with Crippen LogP contribution in [0.15, 0.2) is 12.3 Å². The van der Waals surface area contributed by atoms with E-state index in [4.69, 9.17) is 17.3 Å². The number of rotatable bonds is 3. The maximum absolute atomic E-state index is 9.21. The lowest BCUT2D eigenvalue weighted by molar-refractivity contribution is 0.222. The number of nitrogens with one attached hydrogen (secondary N) is 1. The van der Waals surface area contributed by atoms with Crippen molar-refractivity contribution in [3.8, 4) is 0 Å². The highest BCUT2D eigenvalue weighted by molar-refractivity contribution is 6.33. The maximum Gasteiger partial charge on any atom is 0.145 e. The van der Waals surface area contributed by atoms with E-state index in [1.54, 1.807) is 12.3 Å². The summed E-state index contributed by atoms with van der Waals surface area (Å²) in [6.45, 7) is 0.213. The number of aliphatic hydroxyl groups excluding tert-OH is 1. The fourth-order valence-corrected chi connectivity index (χ4v) is 2.41. The van der Waals surface area contributed by atoms with Gasteiger partial charge < -0.3 is 16.2 Å². The normalized spacial score (nSPS) is 24.6. The largest absolute Gasteiger partial charge is 0.397 e. The summed E-state index contributed by atoms with van der Waals surface area (Å²) in [7, 11) is 0. The van der Waals surface area contributed by atoms with E-state index in [0.717, 1.165) is 19.3 Å². The van der Waals surface area contributed by atoms with Crippen molar-refractivity contribution >= 4 is 23.1 Å². The van der Waals surface area contributed by atoms with Gasteiger partial charge in [-0.25, -0.2) is 4.98 Å². The van der Waals surface area contributed by atoms with Crippen LogP contribution < -0.4 is 11.1 Å². The third-order valence-corrected chi connectivity index (χ3v) is 3.37. The summed E-state index contributed by atoms with van der Waals surface area (Å²) in [4.78, 5) is 4.16.